The van der Waals surface area contributed by atoms with Crippen molar-refractivity contribution in [2.45, 2.75) is 17.2 Å². The summed E-state index contributed by atoms with van der Waals surface area (Å²) in [6, 6.07) is 4.37. The van der Waals surface area contributed by atoms with Gasteiger partial charge in [0.15, 0.2) is 6.23 Å². The Hall–Kier alpha value is -2.83. The second-order valence-electron chi connectivity index (χ2n) is 6.66. The number of nitrogens with zero attached hydrogens (tertiary/aromatic N) is 5. The van der Waals surface area contributed by atoms with Gasteiger partial charge in [-0.25, -0.2) is 18.4 Å². The summed E-state index contributed by atoms with van der Waals surface area (Å²) in [5.74, 6) is 1.07. The fourth-order valence-electron chi connectivity index (χ4n) is 3.41. The molecule has 12 heteroatoms. The molecular weight excluding hydrogens is 388 g/mol. The van der Waals surface area contributed by atoms with Crippen LogP contribution < -0.4 is 10.2 Å². The number of nitro groups is 1. The average Bonchev–Trinajstić information content (AvgIpc) is 3.01. The Bertz CT molecular complexity index is 1030. The molecule has 0 unspecified atom stereocenters. The first-order valence-electron chi connectivity index (χ1n) is 8.46. The fourth-order valence-corrected chi connectivity index (χ4v) is 5.08. The highest BCUT2D eigenvalue weighted by molar-refractivity contribution is 7.89. The number of nitrogens with one attached hydrogen (secondary N) is 1. The van der Waals surface area contributed by atoms with Gasteiger partial charge in [0.1, 0.15) is 18.0 Å². The first-order valence-corrected chi connectivity index (χ1v) is 9.90. The molecule has 11 nitrogen and oxygen atoms in total. The summed E-state index contributed by atoms with van der Waals surface area (Å²) >= 11 is 0. The van der Waals surface area contributed by atoms with Gasteiger partial charge >= 0.3 is 0 Å². The molecule has 1 aromatic heterocycles. The van der Waals surface area contributed by atoms with Crippen LogP contribution >= 0.6 is 0 Å². The molecule has 0 spiro atoms. The minimum atomic E-state index is -3.98. The van der Waals surface area contributed by atoms with Crippen molar-refractivity contribution in [1.29, 1.82) is 0 Å². The highest BCUT2D eigenvalue weighted by Gasteiger charge is 2.48. The van der Waals surface area contributed by atoms with Crippen molar-refractivity contribution < 1.29 is 18.1 Å². The topological polar surface area (TPSA) is 131 Å². The van der Waals surface area contributed by atoms with E-state index in [4.69, 9.17) is 4.74 Å². The smallest absolute Gasteiger partial charge is 0.269 e. The third-order valence-corrected chi connectivity index (χ3v) is 6.61. The molecule has 4 rings (SSSR count). The molecule has 28 heavy (non-hydrogen) atoms. The quantitative estimate of drug-likeness (QED) is 0.582. The first-order chi connectivity index (χ1) is 13.3. The Kier molecular flexibility index (Phi) is 4.40. The number of non-ortho nitro benzene ring substituents is 1. The van der Waals surface area contributed by atoms with E-state index in [0.717, 1.165) is 0 Å². The minimum absolute atomic E-state index is 0.0368. The van der Waals surface area contributed by atoms with Crippen molar-refractivity contribution in [1.82, 2.24) is 14.3 Å². The van der Waals surface area contributed by atoms with Crippen molar-refractivity contribution >= 4 is 27.3 Å². The number of anilines is 2. The lowest BCUT2D eigenvalue weighted by molar-refractivity contribution is -0.384. The lowest BCUT2D eigenvalue weighted by Crippen LogP contribution is -2.40. The van der Waals surface area contributed by atoms with E-state index in [9.17, 15) is 18.5 Å². The van der Waals surface area contributed by atoms with Crippen molar-refractivity contribution in [2.75, 3.05) is 37.5 Å². The molecular formula is C16H18N6O5S. The maximum absolute atomic E-state index is 13.4. The Morgan fingerprint density at radius 2 is 2.00 bits per heavy atom. The van der Waals surface area contributed by atoms with Crippen LogP contribution in [0.1, 0.15) is 11.8 Å². The number of rotatable bonds is 4. The number of benzene rings is 1. The zero-order chi connectivity index (χ0) is 20.1. The van der Waals surface area contributed by atoms with E-state index in [0.29, 0.717) is 23.7 Å². The van der Waals surface area contributed by atoms with E-state index in [2.05, 4.69) is 15.3 Å². The van der Waals surface area contributed by atoms with Crippen LogP contribution in [0.25, 0.3) is 0 Å². The summed E-state index contributed by atoms with van der Waals surface area (Å²) in [4.78, 5) is 20.5. The van der Waals surface area contributed by atoms with E-state index in [-0.39, 0.29) is 17.2 Å². The average molecular weight is 406 g/mol. The largest absolute Gasteiger partial charge is 0.368 e. The fraction of sp³-hybridized carbons (Fsp3) is 0.375. The van der Waals surface area contributed by atoms with Gasteiger partial charge in [-0.1, -0.05) is 0 Å². The highest BCUT2D eigenvalue weighted by Crippen LogP contribution is 2.43. The number of aromatic nitrogens is 2. The number of sulfonamides is 1. The second-order valence-corrected chi connectivity index (χ2v) is 8.50. The molecule has 1 fully saturated rings. The lowest BCUT2D eigenvalue weighted by Gasteiger charge is -2.27. The third kappa shape index (κ3) is 2.85. The van der Waals surface area contributed by atoms with Crippen molar-refractivity contribution in [3.05, 3.63) is 46.3 Å². The van der Waals surface area contributed by atoms with Crippen LogP contribution in [-0.4, -0.2) is 60.9 Å². The molecule has 3 heterocycles. The van der Waals surface area contributed by atoms with Gasteiger partial charge in [0.25, 0.3) is 5.69 Å². The highest BCUT2D eigenvalue weighted by atomic mass is 32.2. The normalized spacial score (nSPS) is 21.5. The van der Waals surface area contributed by atoms with E-state index >= 15 is 0 Å². The summed E-state index contributed by atoms with van der Waals surface area (Å²) in [7, 11) is -0.376. The standard InChI is InChI=1S/C16H18N6O5S/c1-20(2)15-13-14(18-9-19-15)17-7-11-8-27-16(13)21(11)28(25,26)12-5-3-10(4-6-12)22(23)24/h3-6,9,11,16H,7-8H2,1-2H3,(H,17,18,19)/t11-,16-/m0/s1. The van der Waals surface area contributed by atoms with Crippen molar-refractivity contribution in [3.63, 3.8) is 0 Å². The Balaban J connectivity index is 1.81. The number of nitro benzene ring substituents is 1. The summed E-state index contributed by atoms with van der Waals surface area (Å²) in [6.07, 6.45) is 0.517. The van der Waals surface area contributed by atoms with Gasteiger partial charge in [0, 0.05) is 32.8 Å². The summed E-state index contributed by atoms with van der Waals surface area (Å²) < 4.78 is 33.9. The molecule has 1 aromatic carbocycles. The molecule has 1 saturated heterocycles. The van der Waals surface area contributed by atoms with Crippen LogP contribution in [0.4, 0.5) is 17.3 Å². The summed E-state index contributed by atoms with van der Waals surface area (Å²) in [5.41, 5.74) is 0.363. The predicted octanol–water partition coefficient (Wildman–Crippen LogP) is 0.965. The molecule has 2 aromatic rings. The van der Waals surface area contributed by atoms with Gasteiger partial charge < -0.3 is 15.0 Å². The first kappa shape index (κ1) is 18.5. The molecule has 2 aliphatic rings. The minimum Gasteiger partial charge on any atom is -0.368 e. The summed E-state index contributed by atoms with van der Waals surface area (Å²) in [5, 5.41) is 14.0. The van der Waals surface area contributed by atoms with Crippen LogP contribution in [0.2, 0.25) is 0 Å². The molecule has 148 valence electrons. The van der Waals surface area contributed by atoms with Crippen LogP contribution in [-0.2, 0) is 14.8 Å². The number of ether oxygens (including phenoxy) is 1. The zero-order valence-electron chi connectivity index (χ0n) is 15.1. The lowest BCUT2D eigenvalue weighted by atomic mass is 10.2. The van der Waals surface area contributed by atoms with Gasteiger partial charge in [-0.15, -0.1) is 0 Å². The van der Waals surface area contributed by atoms with Crippen molar-refractivity contribution in [3.8, 4) is 0 Å². The molecule has 0 saturated carbocycles. The second kappa shape index (κ2) is 6.65. The Labute approximate surface area is 161 Å². The maximum Gasteiger partial charge on any atom is 0.269 e. The predicted molar refractivity (Wildman–Crippen MR) is 99.5 cm³/mol. The molecule has 2 atom stereocenters. The number of hydrogen-bond donors (Lipinski definition) is 1. The van der Waals surface area contributed by atoms with Gasteiger partial charge in [-0.2, -0.15) is 4.31 Å². The van der Waals surface area contributed by atoms with E-state index < -0.39 is 27.2 Å². The van der Waals surface area contributed by atoms with Crippen LogP contribution in [0.5, 0.6) is 0 Å². The van der Waals surface area contributed by atoms with Gasteiger partial charge in [0.05, 0.1) is 28.0 Å². The molecule has 0 aliphatic carbocycles. The van der Waals surface area contributed by atoms with Gasteiger partial charge in [-0.3, -0.25) is 10.1 Å². The van der Waals surface area contributed by atoms with Crippen LogP contribution in [0.3, 0.4) is 0 Å². The van der Waals surface area contributed by atoms with Crippen molar-refractivity contribution in [2.24, 2.45) is 0 Å². The van der Waals surface area contributed by atoms with E-state index in [1.54, 1.807) is 19.0 Å². The Morgan fingerprint density at radius 3 is 2.64 bits per heavy atom. The zero-order valence-corrected chi connectivity index (χ0v) is 16.0. The molecule has 2 aliphatic heterocycles. The third-order valence-electron chi connectivity index (χ3n) is 4.70. The molecule has 1 N–H and O–H groups in total. The molecule has 0 amide bonds. The Morgan fingerprint density at radius 1 is 1.29 bits per heavy atom. The van der Waals surface area contributed by atoms with E-state index in [1.807, 2.05) is 0 Å². The van der Waals surface area contributed by atoms with Gasteiger partial charge in [-0.05, 0) is 12.1 Å². The summed E-state index contributed by atoms with van der Waals surface area (Å²) in [6.45, 7) is 0.532. The monoisotopic (exact) mass is 406 g/mol. The maximum atomic E-state index is 13.4. The number of fused-ring (bicyclic) bond motifs is 4. The van der Waals surface area contributed by atoms with Crippen LogP contribution in [0.15, 0.2) is 35.5 Å². The SMILES string of the molecule is CN(C)c1ncnc2c1[C@@H]1OC[C@H](CN2)N1S(=O)(=O)c1ccc([N+](=O)[O-])cc1. The molecule has 0 radical (unpaired) electrons. The van der Waals surface area contributed by atoms with Gasteiger partial charge in [0.2, 0.25) is 10.0 Å². The molecule has 2 bridgehead atoms. The van der Waals surface area contributed by atoms with Crippen LogP contribution in [0, 0.1) is 10.1 Å². The van der Waals surface area contributed by atoms with E-state index in [1.165, 1.54) is 34.9 Å². The number of hydrogen-bond acceptors (Lipinski definition) is 9.